The van der Waals surface area contributed by atoms with Gasteiger partial charge in [0.2, 0.25) is 5.88 Å². The van der Waals surface area contributed by atoms with Gasteiger partial charge >= 0.3 is 6.36 Å². The number of nitrogens with zero attached hydrogens (tertiary/aromatic N) is 2. The first-order valence-electron chi connectivity index (χ1n) is 8.47. The van der Waals surface area contributed by atoms with Crippen molar-refractivity contribution in [1.82, 2.24) is 15.3 Å². The Morgan fingerprint density at radius 1 is 1.13 bits per heavy atom. The van der Waals surface area contributed by atoms with Gasteiger partial charge in [-0.25, -0.2) is 13.8 Å². The van der Waals surface area contributed by atoms with Gasteiger partial charge in [0, 0.05) is 6.20 Å². The maximum Gasteiger partial charge on any atom is 0.573 e. The molecule has 0 spiro atoms. The lowest BCUT2D eigenvalue weighted by molar-refractivity contribution is -0.275. The molecule has 3 aromatic rings. The lowest BCUT2D eigenvalue weighted by Crippen LogP contribution is -2.31. The van der Waals surface area contributed by atoms with Crippen molar-refractivity contribution >= 4 is 11.6 Å². The van der Waals surface area contributed by atoms with Gasteiger partial charge in [-0.05, 0) is 42.0 Å². The fraction of sp³-hybridized carbons (Fsp3) is 0.105. The summed E-state index contributed by atoms with van der Waals surface area (Å²) in [5.74, 6) is -4.90. The van der Waals surface area contributed by atoms with E-state index in [1.54, 1.807) is 0 Å². The zero-order chi connectivity index (χ0) is 22.8. The van der Waals surface area contributed by atoms with Crippen LogP contribution in [0.2, 0.25) is 0 Å². The van der Waals surface area contributed by atoms with E-state index in [-0.39, 0.29) is 22.6 Å². The fourth-order valence-electron chi connectivity index (χ4n) is 2.61. The molecule has 0 fully saturated rings. The van der Waals surface area contributed by atoms with Crippen LogP contribution in [0.3, 0.4) is 0 Å². The molecule has 0 saturated heterocycles. The Kier molecular flexibility index (Phi) is 5.90. The van der Waals surface area contributed by atoms with Crippen molar-refractivity contribution in [2.45, 2.75) is 12.4 Å². The molecule has 2 aromatic heterocycles. The number of aromatic nitrogens is 2. The quantitative estimate of drug-likeness (QED) is 0.524. The number of hydrogen-bond donors (Lipinski definition) is 3. The van der Waals surface area contributed by atoms with E-state index in [4.69, 9.17) is 5.73 Å². The minimum Gasteiger partial charge on any atom is -0.492 e. The van der Waals surface area contributed by atoms with Crippen LogP contribution in [0.1, 0.15) is 27.8 Å². The highest BCUT2D eigenvalue weighted by molar-refractivity contribution is 5.93. The van der Waals surface area contributed by atoms with Crippen molar-refractivity contribution < 1.29 is 36.6 Å². The molecule has 0 aliphatic heterocycles. The molecule has 0 aliphatic rings. The molecule has 0 bridgehead atoms. The summed E-state index contributed by atoms with van der Waals surface area (Å²) in [6.07, 6.45) is -3.91. The van der Waals surface area contributed by atoms with E-state index in [0.29, 0.717) is 12.1 Å². The summed E-state index contributed by atoms with van der Waals surface area (Å²) in [5.41, 5.74) is 4.58. The van der Waals surface area contributed by atoms with Gasteiger partial charge in [-0.2, -0.15) is 0 Å². The lowest BCUT2D eigenvalue weighted by Gasteiger charge is -2.20. The SMILES string of the molecule is Nc1ccc(C(=O)N[C@@H](c2ccc(OC(F)(F)F)c(F)c2)c2ncccc2F)nc1O. The van der Waals surface area contributed by atoms with Crippen LogP contribution < -0.4 is 15.8 Å². The van der Waals surface area contributed by atoms with E-state index >= 15 is 0 Å². The molecule has 0 radical (unpaired) electrons. The third kappa shape index (κ3) is 5.15. The Labute approximate surface area is 171 Å². The number of nitrogens with two attached hydrogens (primary N) is 1. The van der Waals surface area contributed by atoms with Crippen molar-refractivity contribution in [2.24, 2.45) is 0 Å². The summed E-state index contributed by atoms with van der Waals surface area (Å²) in [6.45, 7) is 0. The van der Waals surface area contributed by atoms with Gasteiger partial charge < -0.3 is 20.9 Å². The maximum atomic E-state index is 14.3. The number of amides is 1. The molecule has 7 nitrogen and oxygen atoms in total. The number of hydrogen-bond acceptors (Lipinski definition) is 6. The number of rotatable bonds is 5. The summed E-state index contributed by atoms with van der Waals surface area (Å²) in [5, 5.41) is 11.9. The van der Waals surface area contributed by atoms with Crippen molar-refractivity contribution in [1.29, 1.82) is 0 Å². The number of carbonyl (C=O) groups is 1. The van der Waals surface area contributed by atoms with Crippen LogP contribution in [0.4, 0.5) is 27.6 Å². The number of aromatic hydroxyl groups is 1. The minimum atomic E-state index is -5.12. The topological polar surface area (TPSA) is 110 Å². The molecular weight excluding hydrogens is 427 g/mol. The van der Waals surface area contributed by atoms with E-state index in [1.807, 2.05) is 0 Å². The fourth-order valence-corrected chi connectivity index (χ4v) is 2.61. The first-order valence-corrected chi connectivity index (χ1v) is 8.47. The Morgan fingerprint density at radius 3 is 2.48 bits per heavy atom. The average molecular weight is 440 g/mol. The average Bonchev–Trinajstić information content (AvgIpc) is 2.69. The molecule has 3 rings (SSSR count). The van der Waals surface area contributed by atoms with Crippen LogP contribution in [-0.2, 0) is 0 Å². The van der Waals surface area contributed by atoms with E-state index in [2.05, 4.69) is 20.0 Å². The molecular formula is C19H13F5N4O3. The van der Waals surface area contributed by atoms with Gasteiger partial charge in [-0.3, -0.25) is 9.78 Å². The summed E-state index contributed by atoms with van der Waals surface area (Å²) < 4.78 is 69.2. The highest BCUT2D eigenvalue weighted by Crippen LogP contribution is 2.30. The van der Waals surface area contributed by atoms with Crippen molar-refractivity contribution in [3.63, 3.8) is 0 Å². The number of anilines is 1. The molecule has 1 atom stereocenters. The van der Waals surface area contributed by atoms with E-state index in [9.17, 15) is 31.9 Å². The molecule has 0 aliphatic carbocycles. The van der Waals surface area contributed by atoms with Gasteiger partial charge in [-0.1, -0.05) is 6.07 Å². The molecule has 1 aromatic carbocycles. The van der Waals surface area contributed by atoms with Crippen LogP contribution in [0.5, 0.6) is 11.6 Å². The van der Waals surface area contributed by atoms with E-state index < -0.39 is 41.6 Å². The van der Waals surface area contributed by atoms with Crippen molar-refractivity contribution in [3.8, 4) is 11.6 Å². The van der Waals surface area contributed by atoms with E-state index in [0.717, 1.165) is 12.1 Å². The second kappa shape index (κ2) is 8.42. The zero-order valence-corrected chi connectivity index (χ0v) is 15.3. The molecule has 162 valence electrons. The molecule has 31 heavy (non-hydrogen) atoms. The third-order valence-corrected chi connectivity index (χ3v) is 3.99. The number of carbonyl (C=O) groups excluding carboxylic acids is 1. The number of benzene rings is 1. The van der Waals surface area contributed by atoms with Crippen LogP contribution >= 0.6 is 0 Å². The molecule has 2 heterocycles. The molecule has 1 amide bonds. The molecule has 0 saturated carbocycles. The van der Waals surface area contributed by atoms with Crippen LogP contribution in [0, 0.1) is 11.6 Å². The highest BCUT2D eigenvalue weighted by Gasteiger charge is 2.33. The Hall–Kier alpha value is -3.96. The predicted octanol–water partition coefficient (Wildman–Crippen LogP) is 3.46. The van der Waals surface area contributed by atoms with Crippen LogP contribution in [0.25, 0.3) is 0 Å². The number of alkyl halides is 3. The summed E-state index contributed by atoms with van der Waals surface area (Å²) in [6, 6.07) is 5.62. The molecule has 12 heteroatoms. The predicted molar refractivity (Wildman–Crippen MR) is 96.9 cm³/mol. The summed E-state index contributed by atoms with van der Waals surface area (Å²) >= 11 is 0. The number of halogens is 5. The highest BCUT2D eigenvalue weighted by atomic mass is 19.4. The Bertz CT molecular complexity index is 1120. The van der Waals surface area contributed by atoms with E-state index in [1.165, 1.54) is 24.4 Å². The first kappa shape index (κ1) is 21.7. The van der Waals surface area contributed by atoms with Crippen LogP contribution in [-0.4, -0.2) is 27.3 Å². The van der Waals surface area contributed by atoms with Gasteiger partial charge in [0.05, 0.1) is 11.7 Å². The smallest absolute Gasteiger partial charge is 0.492 e. The second-order valence-electron chi connectivity index (χ2n) is 6.12. The number of nitrogen functional groups attached to an aromatic ring is 1. The largest absolute Gasteiger partial charge is 0.573 e. The Morgan fingerprint density at radius 2 is 1.87 bits per heavy atom. The van der Waals surface area contributed by atoms with Crippen molar-refractivity contribution in [2.75, 3.05) is 5.73 Å². The van der Waals surface area contributed by atoms with Gasteiger partial charge in [0.1, 0.15) is 17.2 Å². The first-order chi connectivity index (χ1) is 14.5. The lowest BCUT2D eigenvalue weighted by atomic mass is 10.0. The minimum absolute atomic E-state index is 0.0915. The van der Waals surface area contributed by atoms with Crippen LogP contribution in [0.15, 0.2) is 48.7 Å². The number of ether oxygens (including phenoxy) is 1. The van der Waals surface area contributed by atoms with Crippen molar-refractivity contribution in [3.05, 3.63) is 77.2 Å². The second-order valence-corrected chi connectivity index (χ2v) is 6.12. The third-order valence-electron chi connectivity index (χ3n) is 3.99. The zero-order valence-electron chi connectivity index (χ0n) is 15.3. The summed E-state index contributed by atoms with van der Waals surface area (Å²) in [4.78, 5) is 20.0. The Balaban J connectivity index is 1.99. The normalized spacial score (nSPS) is 12.3. The molecule has 4 N–H and O–H groups in total. The van der Waals surface area contributed by atoms with Gasteiger partial charge in [0.25, 0.3) is 5.91 Å². The summed E-state index contributed by atoms with van der Waals surface area (Å²) in [7, 11) is 0. The van der Waals surface area contributed by atoms with Gasteiger partial charge in [-0.15, -0.1) is 13.2 Å². The van der Waals surface area contributed by atoms with Gasteiger partial charge in [0.15, 0.2) is 11.6 Å². The monoisotopic (exact) mass is 440 g/mol. The standard InChI is InChI=1S/C19H13F5N4O3/c20-10-2-1-7-26-16(10)15(28-18(30)13-5-4-12(25)17(29)27-13)9-3-6-14(11(21)8-9)31-19(22,23)24/h1-8,15H,25H2,(H,27,29)(H,28,30)/t15-/m0/s1. The number of nitrogens with one attached hydrogen (secondary N) is 1. The number of pyridine rings is 2. The molecule has 0 unspecified atom stereocenters. The maximum absolute atomic E-state index is 14.3.